The van der Waals surface area contributed by atoms with E-state index in [1.54, 1.807) is 16.7 Å². The Labute approximate surface area is 156 Å². The van der Waals surface area contributed by atoms with Crippen molar-refractivity contribution in [3.8, 4) is 6.07 Å². The summed E-state index contributed by atoms with van der Waals surface area (Å²) in [7, 11) is 0. The molecule has 1 aromatic rings. The molecule has 2 unspecified atom stereocenters. The summed E-state index contributed by atoms with van der Waals surface area (Å²) < 4.78 is -0.273. The van der Waals surface area contributed by atoms with E-state index in [2.05, 4.69) is 44.3 Å². The number of nitrogens with one attached hydrogen (secondary N) is 1. The van der Waals surface area contributed by atoms with Gasteiger partial charge in [-0.05, 0) is 50.3 Å². The molecule has 2 atom stereocenters. The number of amides is 2. The molecule has 25 heavy (non-hydrogen) atoms. The lowest BCUT2D eigenvalue weighted by Crippen LogP contribution is -2.48. The number of benzene rings is 1. The predicted molar refractivity (Wildman–Crippen MR) is 106 cm³/mol. The number of carbonyl (C=O) groups is 1. The molecule has 0 radical (unpaired) electrons. The van der Waals surface area contributed by atoms with Crippen LogP contribution < -0.4 is 5.32 Å². The zero-order valence-corrected chi connectivity index (χ0v) is 16.7. The predicted octanol–water partition coefficient (Wildman–Crippen LogP) is 5.26. The number of hydrogen-bond donors (Lipinski definition) is 1. The number of nitrogens with zero attached hydrogens (tertiary/aromatic N) is 2. The maximum atomic E-state index is 12.9. The van der Waals surface area contributed by atoms with Crippen molar-refractivity contribution >= 4 is 23.5 Å². The number of thioether (sulfide) groups is 1. The van der Waals surface area contributed by atoms with Crippen LogP contribution in [0.4, 0.5) is 10.5 Å². The Bertz CT molecular complexity index is 633. The van der Waals surface area contributed by atoms with E-state index in [4.69, 9.17) is 0 Å². The number of aryl methyl sites for hydroxylation is 1. The van der Waals surface area contributed by atoms with Crippen molar-refractivity contribution in [1.29, 1.82) is 5.26 Å². The first-order valence-corrected chi connectivity index (χ1v) is 9.93. The van der Waals surface area contributed by atoms with E-state index in [0.29, 0.717) is 0 Å². The fourth-order valence-electron chi connectivity index (χ4n) is 3.15. The van der Waals surface area contributed by atoms with Crippen molar-refractivity contribution in [2.24, 2.45) is 5.92 Å². The van der Waals surface area contributed by atoms with Crippen molar-refractivity contribution < 1.29 is 4.79 Å². The SMILES string of the molecule is CCCCc1ccc(NC(=O)N2C(C(C)C)SC(C)(C)C2C#N)cc1. The van der Waals surface area contributed by atoms with Gasteiger partial charge in [-0.2, -0.15) is 5.26 Å². The fourth-order valence-corrected chi connectivity index (χ4v) is 4.67. The van der Waals surface area contributed by atoms with Gasteiger partial charge in [0.05, 0.1) is 11.4 Å². The van der Waals surface area contributed by atoms with Crippen molar-refractivity contribution in [1.82, 2.24) is 4.90 Å². The van der Waals surface area contributed by atoms with E-state index in [9.17, 15) is 10.1 Å². The molecule has 0 bridgehead atoms. The topological polar surface area (TPSA) is 56.1 Å². The van der Waals surface area contributed by atoms with Crippen LogP contribution in [0.3, 0.4) is 0 Å². The molecule has 0 aliphatic carbocycles. The monoisotopic (exact) mass is 359 g/mol. The highest BCUT2D eigenvalue weighted by Crippen LogP contribution is 2.46. The second-order valence-corrected chi connectivity index (χ2v) is 9.30. The van der Waals surface area contributed by atoms with Gasteiger partial charge in [-0.1, -0.05) is 39.3 Å². The van der Waals surface area contributed by atoms with Crippen molar-refractivity contribution in [2.45, 2.75) is 70.0 Å². The summed E-state index contributed by atoms with van der Waals surface area (Å²) in [5.41, 5.74) is 2.06. The van der Waals surface area contributed by atoms with Gasteiger partial charge in [0.1, 0.15) is 6.04 Å². The normalized spacial score (nSPS) is 22.0. The van der Waals surface area contributed by atoms with Crippen LogP contribution >= 0.6 is 11.8 Å². The van der Waals surface area contributed by atoms with Gasteiger partial charge in [0, 0.05) is 10.4 Å². The number of unbranched alkanes of at least 4 members (excludes halogenated alkanes) is 1. The molecule has 1 heterocycles. The first-order chi connectivity index (χ1) is 11.8. The molecule has 1 N–H and O–H groups in total. The molecular formula is C20H29N3OS. The van der Waals surface area contributed by atoms with Crippen LogP contribution in [0.2, 0.25) is 0 Å². The molecule has 1 aliphatic rings. The van der Waals surface area contributed by atoms with Gasteiger partial charge < -0.3 is 5.32 Å². The van der Waals surface area contributed by atoms with Gasteiger partial charge >= 0.3 is 6.03 Å². The minimum Gasteiger partial charge on any atom is -0.308 e. The highest BCUT2D eigenvalue weighted by molar-refractivity contribution is 8.01. The van der Waals surface area contributed by atoms with Crippen LogP contribution in [-0.2, 0) is 6.42 Å². The number of nitriles is 1. The highest BCUT2D eigenvalue weighted by Gasteiger charge is 2.50. The molecule has 0 saturated carbocycles. The third-order valence-electron chi connectivity index (χ3n) is 4.59. The van der Waals surface area contributed by atoms with E-state index in [-0.39, 0.29) is 22.1 Å². The number of anilines is 1. The van der Waals surface area contributed by atoms with E-state index >= 15 is 0 Å². The summed E-state index contributed by atoms with van der Waals surface area (Å²) in [4.78, 5) is 14.6. The van der Waals surface area contributed by atoms with Crippen LogP contribution in [0.25, 0.3) is 0 Å². The van der Waals surface area contributed by atoms with Gasteiger partial charge in [-0.3, -0.25) is 4.90 Å². The van der Waals surface area contributed by atoms with E-state index in [0.717, 1.165) is 12.1 Å². The number of rotatable bonds is 5. The third kappa shape index (κ3) is 4.49. The van der Waals surface area contributed by atoms with Crippen LogP contribution in [0.15, 0.2) is 24.3 Å². The fraction of sp³-hybridized carbons (Fsp3) is 0.600. The molecule has 0 spiro atoms. The van der Waals surface area contributed by atoms with Crippen molar-refractivity contribution in [3.63, 3.8) is 0 Å². The van der Waals surface area contributed by atoms with E-state index in [1.807, 2.05) is 26.0 Å². The second-order valence-electron chi connectivity index (χ2n) is 7.53. The van der Waals surface area contributed by atoms with Gasteiger partial charge in [0.25, 0.3) is 0 Å². The summed E-state index contributed by atoms with van der Waals surface area (Å²) >= 11 is 1.71. The van der Waals surface area contributed by atoms with Crippen LogP contribution in [0.5, 0.6) is 0 Å². The summed E-state index contributed by atoms with van der Waals surface area (Å²) in [5, 5.41) is 12.6. The summed E-state index contributed by atoms with van der Waals surface area (Å²) in [6.45, 7) is 10.4. The average molecular weight is 360 g/mol. The zero-order chi connectivity index (χ0) is 18.6. The van der Waals surface area contributed by atoms with E-state index < -0.39 is 6.04 Å². The van der Waals surface area contributed by atoms with Crippen molar-refractivity contribution in [3.05, 3.63) is 29.8 Å². The largest absolute Gasteiger partial charge is 0.323 e. The minimum atomic E-state index is -0.436. The molecule has 136 valence electrons. The summed E-state index contributed by atoms with van der Waals surface area (Å²) in [6, 6.07) is 9.73. The maximum Gasteiger partial charge on any atom is 0.323 e. The lowest BCUT2D eigenvalue weighted by molar-refractivity contribution is 0.184. The Balaban J connectivity index is 2.13. The molecule has 1 aromatic carbocycles. The third-order valence-corrected chi connectivity index (χ3v) is 6.43. The number of carbonyl (C=O) groups excluding carboxylic acids is 1. The molecule has 4 nitrogen and oxygen atoms in total. The lowest BCUT2D eigenvalue weighted by Gasteiger charge is -2.29. The zero-order valence-electron chi connectivity index (χ0n) is 15.9. The summed E-state index contributed by atoms with van der Waals surface area (Å²) in [6.07, 6.45) is 3.41. The van der Waals surface area contributed by atoms with Crippen LogP contribution in [0.1, 0.15) is 53.0 Å². The Morgan fingerprint density at radius 3 is 2.52 bits per heavy atom. The standard InChI is InChI=1S/C20H29N3OS/c1-6-7-8-15-9-11-16(12-10-15)22-19(24)23-17(13-21)20(4,5)25-18(23)14(2)3/h9-12,14,17-18H,6-8H2,1-5H3,(H,22,24). The van der Waals surface area contributed by atoms with Gasteiger partial charge in [-0.15, -0.1) is 11.8 Å². The first-order valence-electron chi connectivity index (χ1n) is 9.05. The number of urea groups is 1. The Morgan fingerprint density at radius 1 is 1.36 bits per heavy atom. The van der Waals surface area contributed by atoms with Gasteiger partial charge in [-0.25, -0.2) is 4.79 Å². The molecule has 1 aliphatic heterocycles. The molecular weight excluding hydrogens is 330 g/mol. The summed E-state index contributed by atoms with van der Waals surface area (Å²) in [5.74, 6) is 0.282. The van der Waals surface area contributed by atoms with Crippen LogP contribution in [-0.4, -0.2) is 27.1 Å². The Kier molecular flexibility index (Phi) is 6.40. The number of hydrogen-bond acceptors (Lipinski definition) is 3. The average Bonchev–Trinajstić information content (AvgIpc) is 2.85. The molecule has 5 heteroatoms. The smallest absolute Gasteiger partial charge is 0.308 e. The van der Waals surface area contributed by atoms with E-state index in [1.165, 1.54) is 18.4 Å². The minimum absolute atomic E-state index is 0.00322. The van der Waals surface area contributed by atoms with Crippen LogP contribution in [0, 0.1) is 17.2 Å². The van der Waals surface area contributed by atoms with Crippen molar-refractivity contribution in [2.75, 3.05) is 5.32 Å². The first kappa shape index (κ1) is 19.7. The van der Waals surface area contributed by atoms with Gasteiger partial charge in [0.2, 0.25) is 0 Å². The quantitative estimate of drug-likeness (QED) is 0.780. The lowest BCUT2D eigenvalue weighted by atomic mass is 10.0. The Morgan fingerprint density at radius 2 is 2.00 bits per heavy atom. The van der Waals surface area contributed by atoms with Gasteiger partial charge in [0.15, 0.2) is 0 Å². The maximum absolute atomic E-state index is 12.9. The molecule has 2 rings (SSSR count). The highest BCUT2D eigenvalue weighted by atomic mass is 32.2. The molecule has 0 aromatic heterocycles. The Hall–Kier alpha value is -1.67. The second kappa shape index (κ2) is 8.14. The molecule has 1 saturated heterocycles. The molecule has 1 fully saturated rings. The molecule has 2 amide bonds.